The van der Waals surface area contributed by atoms with Gasteiger partial charge in [0.1, 0.15) is 0 Å². The third-order valence-corrected chi connectivity index (χ3v) is 6.39. The van der Waals surface area contributed by atoms with Gasteiger partial charge in [0.25, 0.3) is 5.91 Å². The van der Waals surface area contributed by atoms with Crippen molar-refractivity contribution in [2.24, 2.45) is 5.73 Å². The average molecular weight is 486 g/mol. The largest absolute Gasteiger partial charge is 0.378 e. The summed E-state index contributed by atoms with van der Waals surface area (Å²) in [5.41, 5.74) is 8.05. The lowest BCUT2D eigenvalue weighted by atomic mass is 10.1. The Labute approximate surface area is 203 Å². The van der Waals surface area contributed by atoms with E-state index >= 15 is 0 Å². The predicted molar refractivity (Wildman–Crippen MR) is 130 cm³/mol. The molecule has 0 bridgehead atoms. The number of ether oxygens (including phenoxy) is 1. The van der Waals surface area contributed by atoms with Crippen LogP contribution in [0.1, 0.15) is 22.8 Å². The van der Waals surface area contributed by atoms with E-state index in [0.717, 1.165) is 30.0 Å². The van der Waals surface area contributed by atoms with Gasteiger partial charge in [-0.2, -0.15) is 0 Å². The minimum atomic E-state index is -0.622. The number of morpholine rings is 1. The Morgan fingerprint density at radius 3 is 2.59 bits per heavy atom. The van der Waals surface area contributed by atoms with Gasteiger partial charge in [0, 0.05) is 43.6 Å². The molecular formula is C24H28ClN5O4. The number of nitrogens with one attached hydrogen (secondary N) is 1. The van der Waals surface area contributed by atoms with Crippen LogP contribution in [0, 0.1) is 0 Å². The Morgan fingerprint density at radius 1 is 1.15 bits per heavy atom. The van der Waals surface area contributed by atoms with Crippen LogP contribution >= 0.6 is 11.6 Å². The highest BCUT2D eigenvalue weighted by Crippen LogP contribution is 2.31. The summed E-state index contributed by atoms with van der Waals surface area (Å²) in [5, 5.41) is 2.91. The van der Waals surface area contributed by atoms with E-state index in [2.05, 4.69) is 10.2 Å². The maximum atomic E-state index is 13.7. The first kappa shape index (κ1) is 23.8. The number of urea groups is 1. The van der Waals surface area contributed by atoms with Crippen molar-refractivity contribution in [1.29, 1.82) is 0 Å². The highest BCUT2D eigenvalue weighted by atomic mass is 35.5. The fourth-order valence-electron chi connectivity index (χ4n) is 4.28. The number of fused-ring (bicyclic) bond motifs is 1. The first-order chi connectivity index (χ1) is 16.3. The van der Waals surface area contributed by atoms with Gasteiger partial charge in [0.2, 0.25) is 5.91 Å². The van der Waals surface area contributed by atoms with Crippen molar-refractivity contribution in [2.45, 2.75) is 19.5 Å². The van der Waals surface area contributed by atoms with E-state index < -0.39 is 11.9 Å². The first-order valence-corrected chi connectivity index (χ1v) is 11.6. The molecule has 2 aromatic carbocycles. The van der Waals surface area contributed by atoms with Crippen LogP contribution in [0.15, 0.2) is 42.5 Å². The van der Waals surface area contributed by atoms with Crippen LogP contribution < -0.4 is 20.9 Å². The molecule has 2 aliphatic heterocycles. The summed E-state index contributed by atoms with van der Waals surface area (Å²) in [6.07, 6.45) is 0. The fourth-order valence-corrected chi connectivity index (χ4v) is 4.53. The highest BCUT2D eigenvalue weighted by Gasteiger charge is 2.32. The van der Waals surface area contributed by atoms with Crippen LogP contribution in [0.25, 0.3) is 0 Å². The number of hydrogen-bond donors (Lipinski definition) is 2. The summed E-state index contributed by atoms with van der Waals surface area (Å²) >= 11 is 6.59. The maximum absolute atomic E-state index is 13.7. The Balaban J connectivity index is 1.60. The number of hydrogen-bond acceptors (Lipinski definition) is 5. The number of amides is 4. The second-order valence-corrected chi connectivity index (χ2v) is 8.82. The van der Waals surface area contributed by atoms with Gasteiger partial charge in [0.05, 0.1) is 30.3 Å². The second-order valence-electron chi connectivity index (χ2n) is 8.41. The molecule has 0 spiro atoms. The van der Waals surface area contributed by atoms with Gasteiger partial charge in [-0.15, -0.1) is 0 Å². The number of rotatable bonds is 4. The lowest BCUT2D eigenvalue weighted by molar-refractivity contribution is -0.117. The van der Waals surface area contributed by atoms with E-state index in [0.29, 0.717) is 23.8 Å². The number of anilines is 2. The first-order valence-electron chi connectivity index (χ1n) is 11.2. The number of carbonyl (C=O) groups excluding carboxylic acids is 3. The number of carbonyl (C=O) groups is 3. The van der Waals surface area contributed by atoms with E-state index in [1.165, 1.54) is 0 Å². The van der Waals surface area contributed by atoms with E-state index in [9.17, 15) is 14.4 Å². The van der Waals surface area contributed by atoms with Gasteiger partial charge in [-0.3, -0.25) is 9.59 Å². The van der Waals surface area contributed by atoms with E-state index in [-0.39, 0.29) is 31.6 Å². The quantitative estimate of drug-likeness (QED) is 0.690. The molecule has 2 aromatic rings. The molecule has 0 radical (unpaired) electrons. The highest BCUT2D eigenvalue weighted by molar-refractivity contribution is 6.34. The number of para-hydroxylation sites is 1. The second kappa shape index (κ2) is 10.3. The lowest BCUT2D eigenvalue weighted by Gasteiger charge is -2.30. The van der Waals surface area contributed by atoms with Gasteiger partial charge < -0.3 is 30.5 Å². The van der Waals surface area contributed by atoms with Gasteiger partial charge in [0.15, 0.2) is 0 Å². The van der Waals surface area contributed by atoms with Gasteiger partial charge in [-0.1, -0.05) is 29.8 Å². The van der Waals surface area contributed by atoms with Crippen molar-refractivity contribution in [3.05, 3.63) is 58.6 Å². The van der Waals surface area contributed by atoms with Gasteiger partial charge in [-0.05, 0) is 36.8 Å². The lowest BCUT2D eigenvalue weighted by Crippen LogP contribution is -2.49. The number of nitrogens with zero attached hydrogens (tertiary/aromatic N) is 3. The van der Waals surface area contributed by atoms with Crippen LogP contribution in [-0.2, 0) is 16.1 Å². The van der Waals surface area contributed by atoms with Crippen molar-refractivity contribution in [3.63, 3.8) is 0 Å². The van der Waals surface area contributed by atoms with Crippen LogP contribution in [0.5, 0.6) is 0 Å². The Morgan fingerprint density at radius 2 is 1.88 bits per heavy atom. The fraction of sp³-hybridized carbons (Fsp3) is 0.375. The van der Waals surface area contributed by atoms with Gasteiger partial charge >= 0.3 is 6.03 Å². The van der Waals surface area contributed by atoms with Crippen molar-refractivity contribution in [3.8, 4) is 0 Å². The maximum Gasteiger partial charge on any atom is 0.318 e. The summed E-state index contributed by atoms with van der Waals surface area (Å²) in [6, 6.07) is 12.2. The molecule has 4 rings (SSSR count). The number of nitrogens with two attached hydrogens (primary N) is 1. The van der Waals surface area contributed by atoms with Crippen molar-refractivity contribution in [1.82, 2.24) is 10.2 Å². The summed E-state index contributed by atoms with van der Waals surface area (Å²) in [7, 11) is 0. The third kappa shape index (κ3) is 5.10. The van der Waals surface area contributed by atoms with Crippen molar-refractivity contribution in [2.75, 3.05) is 49.2 Å². The van der Waals surface area contributed by atoms with E-state index in [4.69, 9.17) is 22.1 Å². The zero-order chi connectivity index (χ0) is 24.2. The smallest absolute Gasteiger partial charge is 0.318 e. The zero-order valence-electron chi connectivity index (χ0n) is 19.0. The Hall–Kier alpha value is -3.30. The Kier molecular flexibility index (Phi) is 7.23. The molecule has 2 heterocycles. The molecule has 3 N–H and O–H groups in total. The average Bonchev–Trinajstić information content (AvgIpc) is 2.99. The van der Waals surface area contributed by atoms with Crippen LogP contribution in [0.4, 0.5) is 16.2 Å². The molecule has 0 unspecified atom stereocenters. The molecule has 0 aliphatic carbocycles. The molecule has 1 saturated heterocycles. The molecule has 9 nitrogen and oxygen atoms in total. The van der Waals surface area contributed by atoms with E-state index in [1.807, 2.05) is 43.3 Å². The number of primary amides is 1. The molecule has 2 aliphatic rings. The van der Waals surface area contributed by atoms with Crippen LogP contribution in [0.2, 0.25) is 5.02 Å². The molecular weight excluding hydrogens is 458 g/mol. The SMILES string of the molecule is C[C@@H]1CN(C(=O)c2ccc(N3CCOCC3)cc2Cl)c2ccccc2CN1C(=O)NCC(N)=O. The molecule has 4 amide bonds. The zero-order valence-corrected chi connectivity index (χ0v) is 19.8. The summed E-state index contributed by atoms with van der Waals surface area (Å²) in [6.45, 7) is 5.02. The topological polar surface area (TPSA) is 108 Å². The summed E-state index contributed by atoms with van der Waals surface area (Å²) in [5.74, 6) is -0.861. The molecule has 0 saturated carbocycles. The predicted octanol–water partition coefficient (Wildman–Crippen LogP) is 2.22. The minimum absolute atomic E-state index is 0.239. The van der Waals surface area contributed by atoms with Crippen molar-refractivity contribution < 1.29 is 19.1 Å². The molecule has 0 aromatic heterocycles. The number of benzene rings is 2. The molecule has 1 fully saturated rings. The standard InChI is InChI=1S/C24H28ClN5O4/c1-16-14-30(21-5-3-2-4-17(21)15-29(16)24(33)27-13-22(26)31)23(32)19-7-6-18(12-20(19)25)28-8-10-34-11-9-28/h2-7,12,16H,8-11,13-15H2,1H3,(H2,26,31)(H,27,33)/t16-/m1/s1. The summed E-state index contributed by atoms with van der Waals surface area (Å²) in [4.78, 5) is 43.0. The summed E-state index contributed by atoms with van der Waals surface area (Å²) < 4.78 is 5.41. The monoisotopic (exact) mass is 485 g/mol. The molecule has 34 heavy (non-hydrogen) atoms. The van der Waals surface area contributed by atoms with Crippen molar-refractivity contribution >= 4 is 40.8 Å². The number of halogens is 1. The normalized spacial score (nSPS) is 18.2. The van der Waals surface area contributed by atoms with Gasteiger partial charge in [-0.25, -0.2) is 4.79 Å². The van der Waals surface area contributed by atoms with Crippen LogP contribution in [0.3, 0.4) is 0 Å². The molecule has 1 atom stereocenters. The van der Waals surface area contributed by atoms with Crippen LogP contribution in [-0.4, -0.2) is 68.2 Å². The van der Waals surface area contributed by atoms with E-state index in [1.54, 1.807) is 15.9 Å². The third-order valence-electron chi connectivity index (χ3n) is 6.08. The minimum Gasteiger partial charge on any atom is -0.378 e. The Bertz CT molecular complexity index is 1090. The molecule has 180 valence electrons. The molecule has 10 heteroatoms.